The van der Waals surface area contributed by atoms with Crippen molar-refractivity contribution < 1.29 is 23.8 Å². The van der Waals surface area contributed by atoms with Crippen LogP contribution in [0.4, 0.5) is 0 Å². The Balaban J connectivity index is 2.58. The van der Waals surface area contributed by atoms with Crippen molar-refractivity contribution in [2.45, 2.75) is 38.5 Å². The van der Waals surface area contributed by atoms with E-state index in [2.05, 4.69) is 15.5 Å². The van der Waals surface area contributed by atoms with Gasteiger partial charge in [-0.3, -0.25) is 9.59 Å². The monoisotopic (exact) mass is 360 g/mol. The molecule has 0 unspecified atom stereocenters. The summed E-state index contributed by atoms with van der Waals surface area (Å²) in [5, 5.41) is 0. The van der Waals surface area contributed by atoms with E-state index < -0.39 is 0 Å². The second-order valence-corrected chi connectivity index (χ2v) is 5.78. The lowest BCUT2D eigenvalue weighted by Gasteiger charge is -2.04. The molecule has 0 aliphatic heterocycles. The second-order valence-electron chi connectivity index (χ2n) is 5.78. The highest BCUT2D eigenvalue weighted by Crippen LogP contribution is 2.20. The van der Waals surface area contributed by atoms with Crippen molar-refractivity contribution in [3.8, 4) is 5.75 Å². The van der Waals surface area contributed by atoms with Crippen LogP contribution in [0, 0.1) is 0 Å². The first-order valence-corrected chi connectivity index (χ1v) is 8.75. The number of hydrogen-bond donors (Lipinski definition) is 0. The van der Waals surface area contributed by atoms with Gasteiger partial charge in [-0.05, 0) is 55.0 Å². The molecule has 0 fully saturated rings. The first kappa shape index (κ1) is 21.5. The summed E-state index contributed by atoms with van der Waals surface area (Å²) in [5.74, 6) is 0.426. The van der Waals surface area contributed by atoms with Gasteiger partial charge in [0.15, 0.2) is 0 Å². The summed E-state index contributed by atoms with van der Waals surface area (Å²) >= 11 is 0. The largest absolute Gasteiger partial charge is 0.497 e. The summed E-state index contributed by atoms with van der Waals surface area (Å²) in [7, 11) is 4.45. The third kappa shape index (κ3) is 9.06. The van der Waals surface area contributed by atoms with Crippen molar-refractivity contribution in [2.75, 3.05) is 21.3 Å². The summed E-state index contributed by atoms with van der Waals surface area (Å²) in [4.78, 5) is 22.2. The highest BCUT2D eigenvalue weighted by atomic mass is 16.5. The molecule has 1 rings (SSSR count). The fourth-order valence-electron chi connectivity index (χ4n) is 2.33. The van der Waals surface area contributed by atoms with E-state index in [1.807, 2.05) is 36.4 Å². The molecule has 0 spiro atoms. The molecule has 1 aromatic rings. The summed E-state index contributed by atoms with van der Waals surface area (Å²) in [6, 6.07) is 5.99. The van der Waals surface area contributed by atoms with Crippen molar-refractivity contribution in [2.24, 2.45) is 0 Å². The van der Waals surface area contributed by atoms with E-state index in [9.17, 15) is 9.59 Å². The fraction of sp³-hybridized carbons (Fsp3) is 0.429. The van der Waals surface area contributed by atoms with Gasteiger partial charge in [0.25, 0.3) is 0 Å². The Morgan fingerprint density at radius 2 is 1.27 bits per heavy atom. The number of methoxy groups -OCH3 is 3. The maximum Gasteiger partial charge on any atom is 0.305 e. The molecular formula is C21H28O5. The molecule has 1 aromatic carbocycles. The normalized spacial score (nSPS) is 11.0. The number of ether oxygens (including phenoxy) is 3. The Hall–Kier alpha value is -2.56. The summed E-state index contributed by atoms with van der Waals surface area (Å²) in [6.45, 7) is 0. The van der Waals surface area contributed by atoms with Crippen molar-refractivity contribution >= 4 is 24.1 Å². The van der Waals surface area contributed by atoms with E-state index in [1.54, 1.807) is 7.11 Å². The van der Waals surface area contributed by atoms with Crippen LogP contribution in [0.1, 0.15) is 49.7 Å². The van der Waals surface area contributed by atoms with Crippen molar-refractivity contribution in [1.29, 1.82) is 0 Å². The standard InChI is InChI=1S/C21H28O5/c1-24-19-15-17(10-6-4-8-12-20(22)25-2)14-18(16-19)11-7-5-9-13-21(23)26-3/h6-7,10-11,14-16H,4-5,8-9,12-13H2,1-3H3/b10-6+,11-7+. The van der Waals surface area contributed by atoms with Crippen LogP contribution in [0.2, 0.25) is 0 Å². The zero-order chi connectivity index (χ0) is 19.2. The minimum atomic E-state index is -0.181. The maximum absolute atomic E-state index is 11.1. The smallest absolute Gasteiger partial charge is 0.305 e. The zero-order valence-electron chi connectivity index (χ0n) is 15.8. The molecule has 142 valence electrons. The molecular weight excluding hydrogens is 332 g/mol. The van der Waals surface area contributed by atoms with Crippen molar-refractivity contribution in [1.82, 2.24) is 0 Å². The number of carbonyl (C=O) groups excluding carboxylic acids is 2. The summed E-state index contributed by atoms with van der Waals surface area (Å²) in [6.07, 6.45) is 12.1. The van der Waals surface area contributed by atoms with Gasteiger partial charge in [-0.1, -0.05) is 24.3 Å². The molecule has 0 N–H and O–H groups in total. The van der Waals surface area contributed by atoms with Crippen LogP contribution in [0.25, 0.3) is 12.2 Å². The minimum Gasteiger partial charge on any atom is -0.497 e. The van der Waals surface area contributed by atoms with E-state index in [0.29, 0.717) is 12.8 Å². The van der Waals surface area contributed by atoms with Crippen LogP contribution >= 0.6 is 0 Å². The Labute approximate surface area is 155 Å². The first-order valence-electron chi connectivity index (χ1n) is 8.75. The number of rotatable bonds is 11. The van der Waals surface area contributed by atoms with Crippen LogP contribution in [0.5, 0.6) is 5.75 Å². The minimum absolute atomic E-state index is 0.181. The molecule has 0 aliphatic carbocycles. The van der Waals surface area contributed by atoms with E-state index in [-0.39, 0.29) is 11.9 Å². The number of unbranched alkanes of at least 4 members (excludes halogenated alkanes) is 2. The number of hydrogen-bond acceptors (Lipinski definition) is 5. The van der Waals surface area contributed by atoms with Crippen LogP contribution < -0.4 is 4.74 Å². The topological polar surface area (TPSA) is 61.8 Å². The highest BCUT2D eigenvalue weighted by Gasteiger charge is 2.00. The van der Waals surface area contributed by atoms with Crippen LogP contribution in [0.15, 0.2) is 30.4 Å². The first-order chi connectivity index (χ1) is 12.6. The highest BCUT2D eigenvalue weighted by molar-refractivity contribution is 5.69. The van der Waals surface area contributed by atoms with Gasteiger partial charge in [0.2, 0.25) is 0 Å². The Bertz CT molecular complexity index is 581. The van der Waals surface area contributed by atoms with Gasteiger partial charge < -0.3 is 14.2 Å². The molecule has 5 heteroatoms. The molecule has 0 aliphatic rings. The average Bonchev–Trinajstić information content (AvgIpc) is 2.66. The van der Waals surface area contributed by atoms with E-state index >= 15 is 0 Å². The molecule has 0 radical (unpaired) electrons. The van der Waals surface area contributed by atoms with Gasteiger partial charge in [-0.2, -0.15) is 0 Å². The SMILES string of the molecule is COC(=O)CCC/C=C/c1cc(/C=C/CCCC(=O)OC)cc(OC)c1. The molecule has 0 saturated heterocycles. The lowest BCUT2D eigenvalue weighted by Crippen LogP contribution is -1.98. The van der Waals surface area contributed by atoms with Crippen LogP contribution in [0.3, 0.4) is 0 Å². The van der Waals surface area contributed by atoms with E-state index in [1.165, 1.54) is 14.2 Å². The number of carbonyl (C=O) groups is 2. The number of allylic oxidation sites excluding steroid dienone is 2. The maximum atomic E-state index is 11.1. The molecule has 0 bridgehead atoms. The fourth-order valence-corrected chi connectivity index (χ4v) is 2.33. The Morgan fingerprint density at radius 1 is 0.808 bits per heavy atom. The quantitative estimate of drug-likeness (QED) is 0.432. The van der Waals surface area contributed by atoms with Crippen LogP contribution in [-0.4, -0.2) is 33.3 Å². The van der Waals surface area contributed by atoms with Gasteiger partial charge >= 0.3 is 11.9 Å². The van der Waals surface area contributed by atoms with Gasteiger partial charge in [-0.25, -0.2) is 0 Å². The van der Waals surface area contributed by atoms with Gasteiger partial charge in [0, 0.05) is 12.8 Å². The third-order valence-electron chi connectivity index (χ3n) is 3.77. The number of esters is 2. The van der Waals surface area contributed by atoms with Crippen molar-refractivity contribution in [3.63, 3.8) is 0 Å². The predicted molar refractivity (Wildman–Crippen MR) is 103 cm³/mol. The Morgan fingerprint density at radius 3 is 1.65 bits per heavy atom. The van der Waals surface area contributed by atoms with E-state index in [0.717, 1.165) is 42.6 Å². The van der Waals surface area contributed by atoms with Crippen molar-refractivity contribution in [3.05, 3.63) is 41.5 Å². The summed E-state index contributed by atoms with van der Waals surface area (Å²) in [5.41, 5.74) is 2.08. The molecule has 0 atom stereocenters. The lowest BCUT2D eigenvalue weighted by atomic mass is 10.1. The molecule has 0 saturated carbocycles. The molecule has 0 amide bonds. The Kier molecular flexibility index (Phi) is 10.5. The molecule has 0 heterocycles. The second kappa shape index (κ2) is 12.8. The zero-order valence-corrected chi connectivity index (χ0v) is 15.8. The third-order valence-corrected chi connectivity index (χ3v) is 3.77. The molecule has 5 nitrogen and oxygen atoms in total. The summed E-state index contributed by atoms with van der Waals surface area (Å²) < 4.78 is 14.6. The lowest BCUT2D eigenvalue weighted by molar-refractivity contribution is -0.141. The van der Waals surface area contributed by atoms with Crippen LogP contribution in [-0.2, 0) is 19.1 Å². The van der Waals surface area contributed by atoms with Gasteiger partial charge in [0.05, 0.1) is 21.3 Å². The van der Waals surface area contributed by atoms with Gasteiger partial charge in [0.1, 0.15) is 5.75 Å². The molecule has 26 heavy (non-hydrogen) atoms. The van der Waals surface area contributed by atoms with E-state index in [4.69, 9.17) is 4.74 Å². The van der Waals surface area contributed by atoms with Gasteiger partial charge in [-0.15, -0.1) is 0 Å². The molecule has 0 aromatic heterocycles. The number of benzene rings is 1. The predicted octanol–water partition coefficient (Wildman–Crippen LogP) is 4.41. The average molecular weight is 360 g/mol.